The summed E-state index contributed by atoms with van der Waals surface area (Å²) in [4.78, 5) is 9.97. The topological polar surface area (TPSA) is 40.1 Å². The Bertz CT molecular complexity index is 148. The van der Waals surface area contributed by atoms with Gasteiger partial charge in [0.25, 0.3) is 0 Å². The van der Waals surface area contributed by atoms with Crippen molar-refractivity contribution in [3.63, 3.8) is 0 Å². The molecular formula is C8H12ClKO2. The van der Waals surface area contributed by atoms with Crippen LogP contribution < -0.4 is 56.5 Å². The Balaban J connectivity index is 0. The van der Waals surface area contributed by atoms with E-state index in [4.69, 9.17) is 11.6 Å². The zero-order valence-electron chi connectivity index (χ0n) is 7.55. The van der Waals surface area contributed by atoms with Gasteiger partial charge in [0, 0.05) is 5.97 Å². The largest absolute Gasteiger partial charge is 1.00 e. The Morgan fingerprint density at radius 1 is 1.67 bits per heavy atom. The second kappa shape index (κ2) is 10.2. The van der Waals surface area contributed by atoms with E-state index in [0.29, 0.717) is 12.8 Å². The molecule has 0 saturated heterocycles. The van der Waals surface area contributed by atoms with Crippen LogP contribution in [0.4, 0.5) is 0 Å². The fraction of sp³-hybridized carbons (Fsp3) is 0.625. The van der Waals surface area contributed by atoms with Gasteiger partial charge in [0.1, 0.15) is 0 Å². The summed E-state index contributed by atoms with van der Waals surface area (Å²) in [5.74, 6) is -1.01. The minimum Gasteiger partial charge on any atom is -0.550 e. The molecule has 0 aromatic heterocycles. The summed E-state index contributed by atoms with van der Waals surface area (Å²) in [5.41, 5.74) is 0. The third kappa shape index (κ3) is 11.1. The van der Waals surface area contributed by atoms with Crippen LogP contribution in [-0.2, 0) is 4.79 Å². The van der Waals surface area contributed by atoms with Crippen LogP contribution in [0.1, 0.15) is 26.2 Å². The van der Waals surface area contributed by atoms with E-state index in [2.05, 4.69) is 0 Å². The van der Waals surface area contributed by atoms with Crippen LogP contribution in [-0.4, -0.2) is 11.3 Å². The number of carboxylic acid groups (broad SMARTS) is 1. The molecule has 1 atom stereocenters. The molecule has 4 heteroatoms. The van der Waals surface area contributed by atoms with Crippen LogP contribution in [0.25, 0.3) is 0 Å². The second-order valence-electron chi connectivity index (χ2n) is 2.31. The number of hydrogen-bond acceptors (Lipinski definition) is 2. The third-order valence-corrected chi connectivity index (χ3v) is 1.63. The zero-order chi connectivity index (χ0) is 8.69. The van der Waals surface area contributed by atoms with Crippen molar-refractivity contribution in [1.82, 2.24) is 0 Å². The number of carbonyl (C=O) groups is 1. The minimum atomic E-state index is -1.01. The molecule has 0 aliphatic rings. The monoisotopic (exact) mass is 214 g/mol. The van der Waals surface area contributed by atoms with E-state index < -0.39 is 5.97 Å². The molecule has 0 aliphatic carbocycles. The van der Waals surface area contributed by atoms with Crippen molar-refractivity contribution in [3.05, 3.63) is 12.2 Å². The molecule has 0 saturated carbocycles. The molecule has 0 radical (unpaired) electrons. The SMILES string of the molecule is C/C=C/C(Cl)CCCC(=O)[O-].[K+]. The van der Waals surface area contributed by atoms with Crippen LogP contribution in [0.3, 0.4) is 0 Å². The number of alkyl halides is 1. The summed E-state index contributed by atoms with van der Waals surface area (Å²) < 4.78 is 0. The van der Waals surface area contributed by atoms with Crippen molar-refractivity contribution < 1.29 is 61.3 Å². The smallest absolute Gasteiger partial charge is 0.550 e. The molecule has 0 aliphatic heterocycles. The Labute approximate surface area is 121 Å². The van der Waals surface area contributed by atoms with Crippen LogP contribution in [0.15, 0.2) is 12.2 Å². The standard InChI is InChI=1S/C8H13ClO2.K/c1-2-4-7(9)5-3-6-8(10)11;/h2,4,7H,3,5-6H2,1H3,(H,10,11);/q;+1/p-1/b4-2+;. The molecule has 0 spiro atoms. The molecule has 0 bridgehead atoms. The fourth-order valence-electron chi connectivity index (χ4n) is 0.746. The van der Waals surface area contributed by atoms with E-state index in [1.807, 2.05) is 19.1 Å². The first-order valence-electron chi connectivity index (χ1n) is 3.63. The van der Waals surface area contributed by atoms with E-state index in [-0.39, 0.29) is 63.2 Å². The Hall–Kier alpha value is 1.14. The van der Waals surface area contributed by atoms with Gasteiger partial charge < -0.3 is 9.90 Å². The maximum Gasteiger partial charge on any atom is 1.00 e. The van der Waals surface area contributed by atoms with E-state index in [9.17, 15) is 9.90 Å². The molecular weight excluding hydrogens is 203 g/mol. The third-order valence-electron chi connectivity index (χ3n) is 1.26. The van der Waals surface area contributed by atoms with Gasteiger partial charge in [0.2, 0.25) is 0 Å². The summed E-state index contributed by atoms with van der Waals surface area (Å²) in [5, 5.41) is 9.92. The van der Waals surface area contributed by atoms with E-state index in [1.165, 1.54) is 0 Å². The number of carbonyl (C=O) groups excluding carboxylic acids is 1. The number of carboxylic acids is 1. The average Bonchev–Trinajstić information content (AvgIpc) is 1.87. The van der Waals surface area contributed by atoms with Crippen molar-refractivity contribution >= 4 is 17.6 Å². The van der Waals surface area contributed by atoms with Crippen LogP contribution in [0.2, 0.25) is 0 Å². The van der Waals surface area contributed by atoms with Crippen LogP contribution in [0, 0.1) is 0 Å². The van der Waals surface area contributed by atoms with Gasteiger partial charge in [0.05, 0.1) is 5.38 Å². The van der Waals surface area contributed by atoms with Crippen molar-refractivity contribution in [3.8, 4) is 0 Å². The summed E-state index contributed by atoms with van der Waals surface area (Å²) in [6, 6.07) is 0. The maximum atomic E-state index is 9.97. The predicted octanol–water partition coefficient (Wildman–Crippen LogP) is -1.91. The quantitative estimate of drug-likeness (QED) is 0.305. The number of aliphatic carboxylic acids is 1. The molecule has 1 unspecified atom stereocenters. The Morgan fingerprint density at radius 3 is 2.67 bits per heavy atom. The van der Waals surface area contributed by atoms with Gasteiger partial charge in [-0.3, -0.25) is 0 Å². The van der Waals surface area contributed by atoms with Gasteiger partial charge in [-0.1, -0.05) is 12.2 Å². The molecule has 0 fully saturated rings. The number of allylic oxidation sites excluding steroid dienone is 2. The average molecular weight is 215 g/mol. The van der Waals surface area contributed by atoms with Gasteiger partial charge in [-0.15, -0.1) is 11.6 Å². The van der Waals surface area contributed by atoms with Gasteiger partial charge in [0.15, 0.2) is 0 Å². The predicted molar refractivity (Wildman–Crippen MR) is 43.3 cm³/mol. The fourth-order valence-corrected chi connectivity index (χ4v) is 1.05. The molecule has 0 amide bonds. The second-order valence-corrected chi connectivity index (χ2v) is 2.87. The summed E-state index contributed by atoms with van der Waals surface area (Å²) in [6.45, 7) is 1.88. The first kappa shape index (κ1) is 15.6. The van der Waals surface area contributed by atoms with Gasteiger partial charge in [-0.05, 0) is 26.2 Å². The molecule has 12 heavy (non-hydrogen) atoms. The van der Waals surface area contributed by atoms with E-state index in [1.54, 1.807) is 0 Å². The van der Waals surface area contributed by atoms with Gasteiger partial charge >= 0.3 is 51.4 Å². The number of halogens is 1. The Kier molecular flexibility index (Phi) is 13.3. The number of hydrogen-bond donors (Lipinski definition) is 0. The van der Waals surface area contributed by atoms with Crippen LogP contribution in [0.5, 0.6) is 0 Å². The number of rotatable bonds is 5. The minimum absolute atomic E-state index is 0. The van der Waals surface area contributed by atoms with E-state index >= 15 is 0 Å². The van der Waals surface area contributed by atoms with Crippen molar-refractivity contribution in [2.75, 3.05) is 0 Å². The van der Waals surface area contributed by atoms with Gasteiger partial charge in [-0.25, -0.2) is 0 Å². The normalized spacial score (nSPS) is 12.5. The maximum absolute atomic E-state index is 9.97. The first-order valence-corrected chi connectivity index (χ1v) is 4.07. The zero-order valence-corrected chi connectivity index (χ0v) is 11.4. The molecule has 0 aromatic rings. The molecule has 64 valence electrons. The molecule has 0 rings (SSSR count). The molecule has 0 aromatic carbocycles. The molecule has 0 heterocycles. The Morgan fingerprint density at radius 2 is 2.25 bits per heavy atom. The summed E-state index contributed by atoms with van der Waals surface area (Å²) in [6.07, 6.45) is 5.08. The van der Waals surface area contributed by atoms with Crippen molar-refractivity contribution in [1.29, 1.82) is 0 Å². The van der Waals surface area contributed by atoms with Gasteiger partial charge in [-0.2, -0.15) is 0 Å². The first-order chi connectivity index (χ1) is 5.16. The molecule has 0 N–H and O–H groups in total. The summed E-state index contributed by atoms with van der Waals surface area (Å²) in [7, 11) is 0. The van der Waals surface area contributed by atoms with Crippen LogP contribution >= 0.6 is 11.6 Å². The van der Waals surface area contributed by atoms with Crippen molar-refractivity contribution in [2.45, 2.75) is 31.6 Å². The summed E-state index contributed by atoms with van der Waals surface area (Å²) >= 11 is 5.76. The molecule has 2 nitrogen and oxygen atoms in total. The van der Waals surface area contributed by atoms with Crippen molar-refractivity contribution in [2.24, 2.45) is 0 Å². The van der Waals surface area contributed by atoms with E-state index in [0.717, 1.165) is 0 Å².